The Morgan fingerprint density at radius 1 is 1.17 bits per heavy atom. The van der Waals surface area contributed by atoms with Gasteiger partial charge >= 0.3 is 0 Å². The van der Waals surface area contributed by atoms with Gasteiger partial charge in [-0.15, -0.1) is 0 Å². The van der Waals surface area contributed by atoms with E-state index in [-0.39, 0.29) is 0 Å². The van der Waals surface area contributed by atoms with E-state index in [1.54, 1.807) is 0 Å². The van der Waals surface area contributed by atoms with E-state index in [9.17, 15) is 0 Å². The standard InChI is InChI=1S/C16H26N2/c1-4-15-12-18(16(5-2)10-17-15)11-14-8-6-13(3)7-9-14/h6-9,15-17H,4-5,10-12H2,1-3H3. The molecule has 1 fully saturated rings. The molecule has 2 rings (SSSR count). The van der Waals surface area contributed by atoms with E-state index >= 15 is 0 Å². The maximum Gasteiger partial charge on any atom is 0.0237 e. The summed E-state index contributed by atoms with van der Waals surface area (Å²) < 4.78 is 0. The third kappa shape index (κ3) is 3.33. The molecular formula is C16H26N2. The molecule has 2 heteroatoms. The van der Waals surface area contributed by atoms with Gasteiger partial charge in [-0.25, -0.2) is 0 Å². The van der Waals surface area contributed by atoms with E-state index in [1.807, 2.05) is 0 Å². The van der Waals surface area contributed by atoms with Crippen molar-refractivity contribution >= 4 is 0 Å². The van der Waals surface area contributed by atoms with Gasteiger partial charge in [-0.3, -0.25) is 4.90 Å². The number of hydrogen-bond donors (Lipinski definition) is 1. The summed E-state index contributed by atoms with van der Waals surface area (Å²) in [6.45, 7) is 10.1. The molecule has 1 aliphatic heterocycles. The fraction of sp³-hybridized carbons (Fsp3) is 0.625. The highest BCUT2D eigenvalue weighted by molar-refractivity contribution is 5.21. The molecule has 100 valence electrons. The summed E-state index contributed by atoms with van der Waals surface area (Å²) in [4.78, 5) is 2.65. The summed E-state index contributed by atoms with van der Waals surface area (Å²) in [5, 5.41) is 3.65. The summed E-state index contributed by atoms with van der Waals surface area (Å²) in [6.07, 6.45) is 2.45. The fourth-order valence-corrected chi connectivity index (χ4v) is 2.73. The van der Waals surface area contributed by atoms with Crippen LogP contribution in [0.1, 0.15) is 37.8 Å². The van der Waals surface area contributed by atoms with Crippen LogP contribution in [-0.2, 0) is 6.54 Å². The second-order valence-electron chi connectivity index (χ2n) is 5.49. The normalized spacial score (nSPS) is 25.3. The van der Waals surface area contributed by atoms with Gasteiger partial charge in [0.15, 0.2) is 0 Å². The zero-order chi connectivity index (χ0) is 13.0. The summed E-state index contributed by atoms with van der Waals surface area (Å²) >= 11 is 0. The molecule has 0 aliphatic carbocycles. The lowest BCUT2D eigenvalue weighted by atomic mass is 10.0. The van der Waals surface area contributed by atoms with Crippen LogP contribution in [-0.4, -0.2) is 30.1 Å². The zero-order valence-electron chi connectivity index (χ0n) is 11.9. The van der Waals surface area contributed by atoms with Crippen LogP contribution in [0, 0.1) is 6.92 Å². The van der Waals surface area contributed by atoms with E-state index in [4.69, 9.17) is 0 Å². The summed E-state index contributed by atoms with van der Waals surface area (Å²) in [5.74, 6) is 0. The number of nitrogens with one attached hydrogen (secondary N) is 1. The molecule has 1 N–H and O–H groups in total. The van der Waals surface area contributed by atoms with Gasteiger partial charge < -0.3 is 5.32 Å². The fourth-order valence-electron chi connectivity index (χ4n) is 2.73. The third-order valence-corrected chi connectivity index (χ3v) is 4.08. The summed E-state index contributed by atoms with van der Waals surface area (Å²) in [6, 6.07) is 10.3. The van der Waals surface area contributed by atoms with Crippen molar-refractivity contribution in [2.24, 2.45) is 0 Å². The maximum atomic E-state index is 3.65. The molecule has 1 heterocycles. The van der Waals surface area contributed by atoms with Crippen LogP contribution < -0.4 is 5.32 Å². The van der Waals surface area contributed by atoms with Crippen LogP contribution in [0.4, 0.5) is 0 Å². The molecule has 1 aromatic rings. The maximum absolute atomic E-state index is 3.65. The van der Waals surface area contributed by atoms with E-state index in [0.717, 1.165) is 13.1 Å². The average molecular weight is 246 g/mol. The van der Waals surface area contributed by atoms with Gasteiger partial charge in [-0.2, -0.15) is 0 Å². The quantitative estimate of drug-likeness (QED) is 0.878. The highest BCUT2D eigenvalue weighted by Crippen LogP contribution is 2.16. The highest BCUT2D eigenvalue weighted by Gasteiger charge is 2.25. The molecule has 2 unspecified atom stereocenters. The van der Waals surface area contributed by atoms with Gasteiger partial charge in [-0.05, 0) is 25.3 Å². The van der Waals surface area contributed by atoms with Crippen LogP contribution >= 0.6 is 0 Å². The summed E-state index contributed by atoms with van der Waals surface area (Å²) in [7, 11) is 0. The lowest BCUT2D eigenvalue weighted by Crippen LogP contribution is -2.55. The van der Waals surface area contributed by atoms with E-state index in [0.29, 0.717) is 12.1 Å². The molecule has 1 saturated heterocycles. The molecule has 1 aliphatic rings. The zero-order valence-corrected chi connectivity index (χ0v) is 11.9. The first-order valence-electron chi connectivity index (χ1n) is 7.26. The lowest BCUT2D eigenvalue weighted by molar-refractivity contribution is 0.117. The number of rotatable bonds is 4. The molecule has 2 nitrogen and oxygen atoms in total. The number of benzene rings is 1. The molecule has 18 heavy (non-hydrogen) atoms. The van der Waals surface area contributed by atoms with Crippen LogP contribution in [0.2, 0.25) is 0 Å². The van der Waals surface area contributed by atoms with Crippen molar-refractivity contribution in [3.63, 3.8) is 0 Å². The van der Waals surface area contributed by atoms with Crippen molar-refractivity contribution in [3.8, 4) is 0 Å². The lowest BCUT2D eigenvalue weighted by Gasteiger charge is -2.40. The van der Waals surface area contributed by atoms with Crippen LogP contribution in [0.3, 0.4) is 0 Å². The average Bonchev–Trinajstić information content (AvgIpc) is 2.41. The molecule has 0 saturated carbocycles. The van der Waals surface area contributed by atoms with Gasteiger partial charge in [0.2, 0.25) is 0 Å². The first-order chi connectivity index (χ1) is 8.72. The SMILES string of the molecule is CCC1CN(Cc2ccc(C)cc2)C(CC)CN1. The Morgan fingerprint density at radius 3 is 2.50 bits per heavy atom. The second kappa shape index (κ2) is 6.35. The van der Waals surface area contributed by atoms with Crippen molar-refractivity contribution in [1.29, 1.82) is 0 Å². The van der Waals surface area contributed by atoms with Crippen LogP contribution in [0.5, 0.6) is 0 Å². The topological polar surface area (TPSA) is 15.3 Å². The van der Waals surface area contributed by atoms with Crippen molar-refractivity contribution < 1.29 is 0 Å². The monoisotopic (exact) mass is 246 g/mol. The molecule has 0 aromatic heterocycles. The van der Waals surface area contributed by atoms with E-state index < -0.39 is 0 Å². The van der Waals surface area contributed by atoms with Gasteiger partial charge in [-0.1, -0.05) is 43.7 Å². The van der Waals surface area contributed by atoms with Crippen LogP contribution in [0.15, 0.2) is 24.3 Å². The molecule has 0 bridgehead atoms. The first kappa shape index (κ1) is 13.6. The van der Waals surface area contributed by atoms with Gasteiger partial charge in [0.25, 0.3) is 0 Å². The Morgan fingerprint density at radius 2 is 1.89 bits per heavy atom. The number of hydrogen-bond acceptors (Lipinski definition) is 2. The Labute approximate surface area is 111 Å². The molecule has 2 atom stereocenters. The van der Waals surface area contributed by atoms with Gasteiger partial charge in [0.05, 0.1) is 0 Å². The van der Waals surface area contributed by atoms with Crippen molar-refractivity contribution in [3.05, 3.63) is 35.4 Å². The first-order valence-corrected chi connectivity index (χ1v) is 7.26. The number of aryl methyl sites for hydroxylation is 1. The van der Waals surface area contributed by atoms with E-state index in [2.05, 4.69) is 55.3 Å². The third-order valence-electron chi connectivity index (χ3n) is 4.08. The van der Waals surface area contributed by atoms with Crippen molar-refractivity contribution in [2.75, 3.05) is 13.1 Å². The van der Waals surface area contributed by atoms with Crippen molar-refractivity contribution in [2.45, 2.75) is 52.2 Å². The predicted octanol–water partition coefficient (Wildman–Crippen LogP) is 2.96. The smallest absolute Gasteiger partial charge is 0.0237 e. The molecule has 0 radical (unpaired) electrons. The minimum absolute atomic E-state index is 0.665. The molecule has 1 aromatic carbocycles. The van der Waals surface area contributed by atoms with E-state index in [1.165, 1.54) is 30.5 Å². The van der Waals surface area contributed by atoms with Gasteiger partial charge in [0.1, 0.15) is 0 Å². The Balaban J connectivity index is 2.02. The Kier molecular flexibility index (Phi) is 4.79. The largest absolute Gasteiger partial charge is 0.311 e. The van der Waals surface area contributed by atoms with Crippen LogP contribution in [0.25, 0.3) is 0 Å². The predicted molar refractivity (Wildman–Crippen MR) is 77.7 cm³/mol. The molecule has 0 spiro atoms. The molecule has 0 amide bonds. The minimum atomic E-state index is 0.665. The minimum Gasteiger partial charge on any atom is -0.311 e. The Hall–Kier alpha value is -0.860. The second-order valence-corrected chi connectivity index (χ2v) is 5.49. The van der Waals surface area contributed by atoms with Crippen molar-refractivity contribution in [1.82, 2.24) is 10.2 Å². The molecular weight excluding hydrogens is 220 g/mol. The Bertz CT molecular complexity index is 358. The summed E-state index contributed by atoms with van der Waals surface area (Å²) in [5.41, 5.74) is 2.79. The van der Waals surface area contributed by atoms with Gasteiger partial charge in [0, 0.05) is 31.7 Å². The number of nitrogens with zero attached hydrogens (tertiary/aromatic N) is 1. The number of piperazine rings is 1. The highest BCUT2D eigenvalue weighted by atomic mass is 15.2.